The molecule has 0 spiro atoms. The van der Waals surface area contributed by atoms with E-state index < -0.39 is 0 Å². The molecule has 1 saturated heterocycles. The molecule has 3 N–H and O–H groups in total. The van der Waals surface area contributed by atoms with Gasteiger partial charge in [0, 0.05) is 19.0 Å². The summed E-state index contributed by atoms with van der Waals surface area (Å²) in [5.74, 6) is 2.10. The minimum Gasteiger partial charge on any atom is -1.00 e. The van der Waals surface area contributed by atoms with Crippen LogP contribution in [0.5, 0.6) is 0 Å². The van der Waals surface area contributed by atoms with Crippen molar-refractivity contribution in [2.75, 3.05) is 13.1 Å². The number of aryl methyl sites for hydroxylation is 1. The van der Waals surface area contributed by atoms with Gasteiger partial charge in [0.25, 0.3) is 0 Å². The zero-order chi connectivity index (χ0) is 12.4. The fourth-order valence-corrected chi connectivity index (χ4v) is 2.46. The van der Waals surface area contributed by atoms with E-state index in [2.05, 4.69) is 20.4 Å². The van der Waals surface area contributed by atoms with E-state index >= 15 is 0 Å². The van der Waals surface area contributed by atoms with Crippen LogP contribution in [-0.2, 0) is 0 Å². The van der Waals surface area contributed by atoms with Gasteiger partial charge in [-0.1, -0.05) is 6.07 Å². The maximum absolute atomic E-state index is 5.45. The Morgan fingerprint density at radius 1 is 1.30 bits per heavy atom. The van der Waals surface area contributed by atoms with E-state index in [1.807, 2.05) is 19.1 Å². The van der Waals surface area contributed by atoms with Crippen molar-refractivity contribution < 1.29 is 39.6 Å². The molecular weight excluding hydrogens is 299 g/mol. The fourth-order valence-electron chi connectivity index (χ4n) is 2.46. The Morgan fingerprint density at radius 2 is 2.05 bits per heavy atom. The van der Waals surface area contributed by atoms with Crippen molar-refractivity contribution in [2.24, 2.45) is 0 Å². The Labute approximate surface area is 130 Å². The standard InChI is InChI=1S/C13H16N4O.2ClH/c1-9-3-2-6-15-11(9)12-16-13(18-17-12)10-4-7-14-8-5-10;;/h2-3,6,10,14H,4-5,7-8H2,1H3;2*1H. The summed E-state index contributed by atoms with van der Waals surface area (Å²) in [6.07, 6.45) is 4.07. The molecule has 0 unspecified atom stereocenters. The molecule has 20 heavy (non-hydrogen) atoms. The van der Waals surface area contributed by atoms with Crippen LogP contribution < -0.4 is 35.1 Å². The van der Waals surface area contributed by atoms with E-state index in [4.69, 9.17) is 4.52 Å². The van der Waals surface area contributed by atoms with Crippen LogP contribution in [0.1, 0.15) is 30.2 Å². The number of H-pyrrole nitrogens is 1. The average Bonchev–Trinajstić information content (AvgIpc) is 2.90. The molecule has 7 heteroatoms. The number of nitrogens with one attached hydrogen (secondary N) is 1. The summed E-state index contributed by atoms with van der Waals surface area (Å²) in [5, 5.41) is 6.46. The fraction of sp³-hybridized carbons (Fsp3) is 0.462. The number of nitrogens with zero attached hydrogens (tertiary/aromatic N) is 2. The minimum atomic E-state index is 0. The van der Waals surface area contributed by atoms with Gasteiger partial charge in [-0.15, -0.1) is 0 Å². The quantitative estimate of drug-likeness (QED) is 0.600. The van der Waals surface area contributed by atoms with Gasteiger partial charge in [0.1, 0.15) is 0 Å². The number of rotatable bonds is 2. The minimum absolute atomic E-state index is 0. The highest BCUT2D eigenvalue weighted by molar-refractivity contribution is 5.50. The number of halogens is 2. The van der Waals surface area contributed by atoms with E-state index in [1.165, 1.54) is 0 Å². The lowest BCUT2D eigenvalue weighted by molar-refractivity contribution is -0.664. The molecule has 1 aliphatic rings. The van der Waals surface area contributed by atoms with Crippen LogP contribution in [0, 0.1) is 6.92 Å². The lowest BCUT2D eigenvalue weighted by Crippen LogP contribution is -3.00. The van der Waals surface area contributed by atoms with Crippen LogP contribution in [0.15, 0.2) is 22.9 Å². The molecule has 0 amide bonds. The number of hydrogen-bond donors (Lipinski definition) is 1. The molecule has 2 aromatic rings. The predicted molar refractivity (Wildman–Crippen MR) is 64.7 cm³/mol. The van der Waals surface area contributed by atoms with E-state index in [0.717, 1.165) is 48.9 Å². The van der Waals surface area contributed by atoms with Gasteiger partial charge in [0.15, 0.2) is 10.9 Å². The van der Waals surface area contributed by atoms with Crippen molar-refractivity contribution in [1.29, 1.82) is 0 Å². The second-order valence-corrected chi connectivity index (χ2v) is 4.83. The molecule has 110 valence electrons. The first-order valence-corrected chi connectivity index (χ1v) is 6.47. The summed E-state index contributed by atoms with van der Waals surface area (Å²) in [7, 11) is 0. The maximum atomic E-state index is 5.45. The summed E-state index contributed by atoms with van der Waals surface area (Å²) in [4.78, 5) is 7.63. The Kier molecular flexibility index (Phi) is 6.39. The highest BCUT2D eigenvalue weighted by atomic mass is 35.5. The number of aromatic nitrogens is 3. The molecule has 0 atom stereocenters. The topological polar surface area (TPSA) is 69.7 Å². The average molecular weight is 317 g/mol. The van der Waals surface area contributed by atoms with Crippen LogP contribution in [0.2, 0.25) is 0 Å². The summed E-state index contributed by atoms with van der Waals surface area (Å²) in [6.45, 7) is 4.36. The van der Waals surface area contributed by atoms with Crippen molar-refractivity contribution >= 4 is 0 Å². The third-order valence-corrected chi connectivity index (χ3v) is 3.52. The monoisotopic (exact) mass is 316 g/mol. The van der Waals surface area contributed by atoms with Crippen LogP contribution in [0.3, 0.4) is 0 Å². The van der Waals surface area contributed by atoms with E-state index in [9.17, 15) is 0 Å². The second kappa shape index (κ2) is 7.57. The first kappa shape index (κ1) is 16.9. The number of piperidine rings is 1. The third-order valence-electron chi connectivity index (χ3n) is 3.52. The lowest BCUT2D eigenvalue weighted by atomic mass is 9.98. The number of hydrogen-bond acceptors (Lipinski definition) is 3. The molecule has 0 aromatic carbocycles. The molecule has 3 rings (SSSR count). The first-order chi connectivity index (χ1) is 8.84. The zero-order valence-electron chi connectivity index (χ0n) is 11.3. The molecule has 0 aliphatic carbocycles. The molecule has 5 nitrogen and oxygen atoms in total. The summed E-state index contributed by atoms with van der Waals surface area (Å²) >= 11 is 0. The largest absolute Gasteiger partial charge is 1.00 e. The Bertz CT molecular complexity index is 541. The second-order valence-electron chi connectivity index (χ2n) is 4.83. The van der Waals surface area contributed by atoms with Crippen LogP contribution in [-0.4, -0.2) is 23.2 Å². The summed E-state index contributed by atoms with van der Waals surface area (Å²) < 4.78 is 5.45. The van der Waals surface area contributed by atoms with Crippen molar-refractivity contribution in [1.82, 2.24) is 10.1 Å². The van der Waals surface area contributed by atoms with Gasteiger partial charge in [-0.3, -0.25) is 0 Å². The maximum Gasteiger partial charge on any atom is 0.396 e. The lowest BCUT2D eigenvalue weighted by Gasteiger charge is -2.14. The normalized spacial score (nSPS) is 15.2. The van der Waals surface area contributed by atoms with E-state index in [0.29, 0.717) is 5.92 Å². The van der Waals surface area contributed by atoms with Gasteiger partial charge in [-0.25, -0.2) is 14.5 Å². The van der Waals surface area contributed by atoms with Gasteiger partial charge < -0.3 is 30.1 Å². The smallest absolute Gasteiger partial charge is 0.396 e. The summed E-state index contributed by atoms with van der Waals surface area (Å²) in [5.41, 5.74) is 1.97. The number of nitrogens with two attached hydrogens (primary N) is 1. The summed E-state index contributed by atoms with van der Waals surface area (Å²) in [6, 6.07) is 3.96. The Balaban J connectivity index is 0.000001000. The van der Waals surface area contributed by atoms with Gasteiger partial charge in [0.05, 0.1) is 19.0 Å². The zero-order valence-corrected chi connectivity index (χ0v) is 12.8. The Hall–Kier alpha value is -1.17. The van der Waals surface area contributed by atoms with E-state index in [1.54, 1.807) is 6.20 Å². The van der Waals surface area contributed by atoms with Crippen molar-refractivity contribution in [3.05, 3.63) is 29.8 Å². The van der Waals surface area contributed by atoms with Crippen LogP contribution >= 0.6 is 0 Å². The molecule has 2 aromatic heterocycles. The van der Waals surface area contributed by atoms with Crippen molar-refractivity contribution in [2.45, 2.75) is 25.7 Å². The third kappa shape index (κ3) is 3.48. The Morgan fingerprint density at radius 3 is 2.75 bits per heavy atom. The van der Waals surface area contributed by atoms with Crippen LogP contribution in [0.25, 0.3) is 11.5 Å². The van der Waals surface area contributed by atoms with Gasteiger partial charge in [-0.2, -0.15) is 0 Å². The van der Waals surface area contributed by atoms with Gasteiger partial charge in [-0.05, 0) is 18.6 Å². The number of aromatic amines is 1. The van der Waals surface area contributed by atoms with Gasteiger partial charge >= 0.3 is 11.7 Å². The van der Waals surface area contributed by atoms with Crippen molar-refractivity contribution in [3.8, 4) is 11.5 Å². The number of pyridine rings is 1. The highest BCUT2D eigenvalue weighted by Gasteiger charge is 2.28. The van der Waals surface area contributed by atoms with Crippen molar-refractivity contribution in [3.63, 3.8) is 0 Å². The first-order valence-electron chi connectivity index (χ1n) is 6.47. The molecule has 0 radical (unpaired) electrons. The SMILES string of the molecule is Cc1cccnc1-c1noc(C2CC[NH2+]CC2)[nH+]1.[Cl-].[Cl-]. The molecule has 0 bridgehead atoms. The molecule has 1 aliphatic heterocycles. The van der Waals surface area contributed by atoms with Gasteiger partial charge in [0.2, 0.25) is 0 Å². The molecular formula is C13H18Cl2N4O. The molecule has 3 heterocycles. The molecule has 0 saturated carbocycles. The predicted octanol–water partition coefficient (Wildman–Crippen LogP) is -5.69. The highest BCUT2D eigenvalue weighted by Crippen LogP contribution is 2.22. The molecule has 1 fully saturated rings. The van der Waals surface area contributed by atoms with Crippen LogP contribution in [0.4, 0.5) is 0 Å². The van der Waals surface area contributed by atoms with E-state index in [-0.39, 0.29) is 24.8 Å². The number of quaternary nitrogens is 1.